The van der Waals surface area contributed by atoms with Crippen molar-refractivity contribution in [2.24, 2.45) is 5.73 Å². The van der Waals surface area contributed by atoms with Crippen LogP contribution in [0, 0.1) is 0 Å². The molecule has 118 valence electrons. The molecule has 2 atom stereocenters. The first-order valence-corrected chi connectivity index (χ1v) is 8.71. The van der Waals surface area contributed by atoms with Crippen molar-refractivity contribution in [2.75, 3.05) is 6.54 Å². The number of hydrogen-bond acceptors (Lipinski definition) is 3. The van der Waals surface area contributed by atoms with Gasteiger partial charge in [-0.2, -0.15) is 11.8 Å². The number of thioether (sulfide) groups is 1. The number of halogens is 1. The molecular weight excluding hydrogens is 304 g/mol. The summed E-state index contributed by atoms with van der Waals surface area (Å²) in [5, 5.41) is 4.36. The summed E-state index contributed by atoms with van der Waals surface area (Å²) in [5.41, 5.74) is 6.16. The van der Waals surface area contributed by atoms with Gasteiger partial charge < -0.3 is 11.1 Å². The van der Waals surface area contributed by atoms with E-state index in [2.05, 4.69) is 19.2 Å². The first-order chi connectivity index (χ1) is 9.87. The average Bonchev–Trinajstić information content (AvgIpc) is 2.44. The Balaban J connectivity index is 2.51. The molecule has 0 spiro atoms. The van der Waals surface area contributed by atoms with Crippen LogP contribution in [-0.4, -0.2) is 23.2 Å². The Morgan fingerprint density at radius 1 is 1.43 bits per heavy atom. The zero-order valence-corrected chi connectivity index (χ0v) is 14.6. The zero-order chi connectivity index (χ0) is 15.9. The molecule has 0 saturated carbocycles. The van der Waals surface area contributed by atoms with E-state index in [-0.39, 0.29) is 5.91 Å². The van der Waals surface area contributed by atoms with Crippen LogP contribution in [0.3, 0.4) is 0 Å². The number of nitrogens with two attached hydrogens (primary N) is 1. The molecule has 0 radical (unpaired) electrons. The van der Waals surface area contributed by atoms with Gasteiger partial charge in [-0.15, -0.1) is 0 Å². The standard InChI is InChI=1S/C16H25ClN2OS/c1-4-9-19-16(3,15(18)20)10-12(2)21-11-13-5-7-14(17)8-6-13/h5-8,12,19H,4,9-11H2,1-3H3,(H2,18,20). The summed E-state index contributed by atoms with van der Waals surface area (Å²) in [6.07, 6.45) is 1.70. The number of hydrogen-bond donors (Lipinski definition) is 2. The molecule has 0 aromatic heterocycles. The Morgan fingerprint density at radius 3 is 2.57 bits per heavy atom. The maximum absolute atomic E-state index is 11.7. The number of carbonyl (C=O) groups excluding carboxylic acids is 1. The molecule has 1 rings (SSSR count). The lowest BCUT2D eigenvalue weighted by Gasteiger charge is -2.30. The van der Waals surface area contributed by atoms with Crippen molar-refractivity contribution in [1.82, 2.24) is 5.32 Å². The lowest BCUT2D eigenvalue weighted by molar-refractivity contribution is -0.124. The quantitative estimate of drug-likeness (QED) is 0.728. The zero-order valence-electron chi connectivity index (χ0n) is 13.0. The molecule has 3 N–H and O–H groups in total. The van der Waals surface area contributed by atoms with Crippen LogP contribution < -0.4 is 11.1 Å². The van der Waals surface area contributed by atoms with Crippen molar-refractivity contribution in [3.63, 3.8) is 0 Å². The lowest BCUT2D eigenvalue weighted by atomic mass is 9.95. The van der Waals surface area contributed by atoms with Crippen molar-refractivity contribution in [2.45, 2.75) is 50.2 Å². The summed E-state index contributed by atoms with van der Waals surface area (Å²) in [6.45, 7) is 6.90. The minimum Gasteiger partial charge on any atom is -0.368 e. The SMILES string of the molecule is CCCNC(C)(CC(C)SCc1ccc(Cl)cc1)C(N)=O. The molecule has 0 bridgehead atoms. The molecule has 5 heteroatoms. The number of amides is 1. The van der Waals surface area contributed by atoms with Crippen LogP contribution in [-0.2, 0) is 10.5 Å². The highest BCUT2D eigenvalue weighted by Gasteiger charge is 2.32. The average molecular weight is 329 g/mol. The summed E-state index contributed by atoms with van der Waals surface area (Å²) < 4.78 is 0. The molecule has 2 unspecified atom stereocenters. The summed E-state index contributed by atoms with van der Waals surface area (Å²) >= 11 is 7.70. The number of nitrogens with one attached hydrogen (secondary N) is 1. The fraction of sp³-hybridized carbons (Fsp3) is 0.562. The van der Waals surface area contributed by atoms with Gasteiger partial charge in [-0.05, 0) is 44.0 Å². The van der Waals surface area contributed by atoms with Gasteiger partial charge in [0.2, 0.25) is 5.91 Å². The fourth-order valence-electron chi connectivity index (χ4n) is 2.11. The van der Waals surface area contributed by atoms with Crippen LogP contribution in [0.1, 0.15) is 39.2 Å². The summed E-state index contributed by atoms with van der Waals surface area (Å²) in [5.74, 6) is 0.621. The number of rotatable bonds is 9. The monoisotopic (exact) mass is 328 g/mol. The van der Waals surface area contributed by atoms with Crippen molar-refractivity contribution in [1.29, 1.82) is 0 Å². The largest absolute Gasteiger partial charge is 0.368 e. The normalized spacial score (nSPS) is 15.4. The van der Waals surface area contributed by atoms with E-state index in [9.17, 15) is 4.79 Å². The first-order valence-electron chi connectivity index (χ1n) is 7.28. The highest BCUT2D eigenvalue weighted by atomic mass is 35.5. The van der Waals surface area contributed by atoms with Crippen LogP contribution in [0.4, 0.5) is 0 Å². The topological polar surface area (TPSA) is 55.1 Å². The third-order valence-corrected chi connectivity index (χ3v) is 4.94. The van der Waals surface area contributed by atoms with Gasteiger partial charge in [-0.25, -0.2) is 0 Å². The molecule has 0 fully saturated rings. The molecule has 0 aliphatic carbocycles. The third-order valence-electron chi connectivity index (χ3n) is 3.45. The van der Waals surface area contributed by atoms with E-state index in [0.29, 0.717) is 5.25 Å². The van der Waals surface area contributed by atoms with Gasteiger partial charge in [-0.3, -0.25) is 4.79 Å². The predicted molar refractivity (Wildman–Crippen MR) is 92.7 cm³/mol. The van der Waals surface area contributed by atoms with E-state index in [4.69, 9.17) is 17.3 Å². The highest BCUT2D eigenvalue weighted by Crippen LogP contribution is 2.25. The van der Waals surface area contributed by atoms with E-state index in [1.165, 1.54) is 5.56 Å². The second kappa shape index (κ2) is 8.66. The van der Waals surface area contributed by atoms with Crippen LogP contribution in [0.15, 0.2) is 24.3 Å². The third kappa shape index (κ3) is 6.29. The molecule has 1 aromatic carbocycles. The minimum atomic E-state index is -0.636. The van der Waals surface area contributed by atoms with Gasteiger partial charge in [0.15, 0.2) is 0 Å². The Labute approximate surface area is 137 Å². The molecule has 0 saturated heterocycles. The molecule has 1 amide bonds. The molecule has 0 heterocycles. The number of carbonyl (C=O) groups is 1. The van der Waals surface area contributed by atoms with Gasteiger partial charge in [0.05, 0.1) is 5.54 Å². The van der Waals surface area contributed by atoms with Gasteiger partial charge in [0, 0.05) is 16.0 Å². The lowest BCUT2D eigenvalue weighted by Crippen LogP contribution is -2.54. The molecule has 21 heavy (non-hydrogen) atoms. The Kier molecular flexibility index (Phi) is 7.57. The number of benzene rings is 1. The highest BCUT2D eigenvalue weighted by molar-refractivity contribution is 7.99. The van der Waals surface area contributed by atoms with Crippen molar-refractivity contribution >= 4 is 29.3 Å². The maximum atomic E-state index is 11.7. The van der Waals surface area contributed by atoms with E-state index in [0.717, 1.165) is 30.2 Å². The second-order valence-electron chi connectivity index (χ2n) is 5.58. The summed E-state index contributed by atoms with van der Waals surface area (Å²) in [6, 6.07) is 7.87. The Hall–Kier alpha value is -0.710. The van der Waals surface area contributed by atoms with Crippen molar-refractivity contribution in [3.8, 4) is 0 Å². The summed E-state index contributed by atoms with van der Waals surface area (Å²) in [4.78, 5) is 11.7. The van der Waals surface area contributed by atoms with Crippen LogP contribution in [0.25, 0.3) is 0 Å². The van der Waals surface area contributed by atoms with E-state index >= 15 is 0 Å². The van der Waals surface area contributed by atoms with Gasteiger partial charge in [-0.1, -0.05) is 37.6 Å². The second-order valence-corrected chi connectivity index (χ2v) is 7.44. The molecule has 1 aromatic rings. The van der Waals surface area contributed by atoms with Crippen molar-refractivity contribution in [3.05, 3.63) is 34.9 Å². The first kappa shape index (κ1) is 18.3. The maximum Gasteiger partial charge on any atom is 0.237 e. The van der Waals surface area contributed by atoms with Crippen LogP contribution in [0.5, 0.6) is 0 Å². The van der Waals surface area contributed by atoms with Gasteiger partial charge in [0.25, 0.3) is 0 Å². The predicted octanol–water partition coefficient (Wildman–Crippen LogP) is 3.60. The Morgan fingerprint density at radius 2 is 2.05 bits per heavy atom. The molecule has 0 aliphatic rings. The molecular formula is C16H25ClN2OS. The number of primary amides is 1. The Bertz CT molecular complexity index is 452. The van der Waals surface area contributed by atoms with Crippen LogP contribution >= 0.6 is 23.4 Å². The summed E-state index contributed by atoms with van der Waals surface area (Å²) in [7, 11) is 0. The van der Waals surface area contributed by atoms with E-state index in [1.807, 2.05) is 43.0 Å². The molecule has 3 nitrogen and oxygen atoms in total. The van der Waals surface area contributed by atoms with E-state index in [1.54, 1.807) is 0 Å². The van der Waals surface area contributed by atoms with E-state index < -0.39 is 5.54 Å². The fourth-order valence-corrected chi connectivity index (χ4v) is 3.36. The van der Waals surface area contributed by atoms with Crippen molar-refractivity contribution < 1.29 is 4.79 Å². The minimum absolute atomic E-state index is 0.283. The van der Waals surface area contributed by atoms with Gasteiger partial charge >= 0.3 is 0 Å². The van der Waals surface area contributed by atoms with Crippen LogP contribution in [0.2, 0.25) is 5.02 Å². The smallest absolute Gasteiger partial charge is 0.237 e. The molecule has 0 aliphatic heterocycles. The van der Waals surface area contributed by atoms with Gasteiger partial charge in [0.1, 0.15) is 0 Å².